The van der Waals surface area contributed by atoms with Gasteiger partial charge in [-0.2, -0.15) is 10.5 Å². The molecular formula is C12H13N3O2S. The summed E-state index contributed by atoms with van der Waals surface area (Å²) in [6.45, 7) is 1.64. The number of nitrogens with zero attached hydrogens (tertiary/aromatic N) is 3. The predicted octanol–water partition coefficient (Wildman–Crippen LogP) is 1.63. The SMILES string of the molecule is CCC(C#N)S(=O)(=O)N(C)c1cccc(C#N)c1. The Hall–Kier alpha value is -2.05. The fourth-order valence-corrected chi connectivity index (χ4v) is 2.82. The molecule has 0 heterocycles. The largest absolute Gasteiger partial charge is 0.272 e. The molecule has 18 heavy (non-hydrogen) atoms. The monoisotopic (exact) mass is 263 g/mol. The van der Waals surface area contributed by atoms with Crippen molar-refractivity contribution in [3.8, 4) is 12.1 Å². The van der Waals surface area contributed by atoms with Crippen LogP contribution in [0.4, 0.5) is 5.69 Å². The minimum atomic E-state index is -3.72. The Morgan fingerprint density at radius 1 is 1.39 bits per heavy atom. The van der Waals surface area contributed by atoms with Gasteiger partial charge in [-0.1, -0.05) is 13.0 Å². The zero-order chi connectivity index (χ0) is 13.8. The molecule has 0 aliphatic rings. The zero-order valence-electron chi connectivity index (χ0n) is 10.2. The average Bonchev–Trinajstić information content (AvgIpc) is 2.39. The van der Waals surface area contributed by atoms with Gasteiger partial charge in [0.25, 0.3) is 10.0 Å². The molecule has 0 radical (unpaired) electrons. The van der Waals surface area contributed by atoms with Gasteiger partial charge < -0.3 is 0 Å². The minimum absolute atomic E-state index is 0.223. The van der Waals surface area contributed by atoms with Crippen LogP contribution < -0.4 is 4.31 Å². The van der Waals surface area contributed by atoms with Crippen molar-refractivity contribution in [1.29, 1.82) is 10.5 Å². The maximum absolute atomic E-state index is 12.1. The lowest BCUT2D eigenvalue weighted by Gasteiger charge is -2.21. The molecule has 1 rings (SSSR count). The predicted molar refractivity (Wildman–Crippen MR) is 68.2 cm³/mol. The van der Waals surface area contributed by atoms with E-state index in [0.29, 0.717) is 11.3 Å². The average molecular weight is 263 g/mol. The van der Waals surface area contributed by atoms with Gasteiger partial charge >= 0.3 is 0 Å². The molecule has 0 aromatic heterocycles. The summed E-state index contributed by atoms with van der Waals surface area (Å²) in [5.41, 5.74) is 0.752. The van der Waals surface area contributed by atoms with Gasteiger partial charge in [0.05, 0.1) is 23.4 Å². The van der Waals surface area contributed by atoms with Crippen LogP contribution in [0.15, 0.2) is 24.3 Å². The zero-order valence-corrected chi connectivity index (χ0v) is 11.0. The molecule has 1 aromatic carbocycles. The molecule has 0 fully saturated rings. The highest BCUT2D eigenvalue weighted by Gasteiger charge is 2.28. The summed E-state index contributed by atoms with van der Waals surface area (Å²) in [4.78, 5) is 0. The molecule has 0 saturated heterocycles. The van der Waals surface area contributed by atoms with E-state index >= 15 is 0 Å². The first-order chi connectivity index (χ1) is 8.47. The molecule has 0 N–H and O–H groups in total. The normalized spacial score (nSPS) is 12.2. The van der Waals surface area contributed by atoms with Crippen molar-refractivity contribution in [2.24, 2.45) is 0 Å². The smallest absolute Gasteiger partial charge is 0.251 e. The van der Waals surface area contributed by atoms with Crippen LogP contribution in [0.25, 0.3) is 0 Å². The first-order valence-corrected chi connectivity index (χ1v) is 6.85. The molecular weight excluding hydrogens is 250 g/mol. The highest BCUT2D eigenvalue weighted by atomic mass is 32.2. The maximum Gasteiger partial charge on any atom is 0.251 e. The van der Waals surface area contributed by atoms with Gasteiger partial charge in [0.2, 0.25) is 0 Å². The number of hydrogen-bond acceptors (Lipinski definition) is 4. The van der Waals surface area contributed by atoms with Crippen molar-refractivity contribution in [2.75, 3.05) is 11.4 Å². The summed E-state index contributed by atoms with van der Waals surface area (Å²) in [5, 5.41) is 16.6. The van der Waals surface area contributed by atoms with Crippen LogP contribution >= 0.6 is 0 Å². The Labute approximate surface area is 107 Å². The van der Waals surface area contributed by atoms with Crippen LogP contribution in [0.3, 0.4) is 0 Å². The van der Waals surface area contributed by atoms with Gasteiger partial charge in [-0.15, -0.1) is 0 Å². The number of hydrogen-bond donors (Lipinski definition) is 0. The van der Waals surface area contributed by atoms with E-state index in [2.05, 4.69) is 0 Å². The molecule has 0 aliphatic heterocycles. The van der Waals surface area contributed by atoms with E-state index in [-0.39, 0.29) is 6.42 Å². The molecule has 5 nitrogen and oxygen atoms in total. The molecule has 6 heteroatoms. The number of benzene rings is 1. The third kappa shape index (κ3) is 2.61. The van der Waals surface area contributed by atoms with Crippen molar-refractivity contribution in [1.82, 2.24) is 0 Å². The second-order valence-corrected chi connectivity index (χ2v) is 5.85. The Balaban J connectivity index is 3.19. The van der Waals surface area contributed by atoms with Crippen LogP contribution in [0.2, 0.25) is 0 Å². The molecule has 0 amide bonds. The van der Waals surface area contributed by atoms with E-state index in [1.165, 1.54) is 13.1 Å². The van der Waals surface area contributed by atoms with Gasteiger partial charge in [0.1, 0.15) is 0 Å². The van der Waals surface area contributed by atoms with E-state index in [0.717, 1.165) is 4.31 Å². The summed E-state index contributed by atoms with van der Waals surface area (Å²) in [6, 6.07) is 9.97. The van der Waals surface area contributed by atoms with Crippen LogP contribution in [0.5, 0.6) is 0 Å². The molecule has 94 valence electrons. The molecule has 1 atom stereocenters. The van der Waals surface area contributed by atoms with Crippen LogP contribution in [0, 0.1) is 22.7 Å². The van der Waals surface area contributed by atoms with Crippen molar-refractivity contribution in [3.05, 3.63) is 29.8 Å². The topological polar surface area (TPSA) is 85.0 Å². The Morgan fingerprint density at radius 2 is 2.06 bits per heavy atom. The number of anilines is 1. The van der Waals surface area contributed by atoms with Gasteiger partial charge in [0, 0.05) is 7.05 Å². The van der Waals surface area contributed by atoms with E-state index in [9.17, 15) is 8.42 Å². The lowest BCUT2D eigenvalue weighted by molar-refractivity contribution is 0.585. The molecule has 1 aromatic rings. The van der Waals surface area contributed by atoms with Gasteiger partial charge in [-0.3, -0.25) is 4.31 Å². The Bertz CT molecular complexity index is 611. The van der Waals surface area contributed by atoms with E-state index in [1.807, 2.05) is 6.07 Å². The van der Waals surface area contributed by atoms with Crippen molar-refractivity contribution in [2.45, 2.75) is 18.6 Å². The molecule has 0 bridgehead atoms. The fourth-order valence-electron chi connectivity index (χ4n) is 1.48. The summed E-state index contributed by atoms with van der Waals surface area (Å²) in [7, 11) is -2.34. The first kappa shape index (κ1) is 14.0. The Morgan fingerprint density at radius 3 is 2.56 bits per heavy atom. The van der Waals surface area contributed by atoms with Gasteiger partial charge in [-0.25, -0.2) is 8.42 Å². The van der Waals surface area contributed by atoms with Gasteiger partial charge in [-0.05, 0) is 24.6 Å². The molecule has 0 spiro atoms. The quantitative estimate of drug-likeness (QED) is 0.826. The standard InChI is InChI=1S/C12H13N3O2S/c1-3-12(9-14)18(16,17)15(2)11-6-4-5-10(7-11)8-13/h4-7,12H,3H2,1-2H3. The van der Waals surface area contributed by atoms with Crippen LogP contribution in [-0.4, -0.2) is 20.7 Å². The molecule has 1 unspecified atom stereocenters. The van der Waals surface area contributed by atoms with Crippen LogP contribution in [-0.2, 0) is 10.0 Å². The van der Waals surface area contributed by atoms with E-state index < -0.39 is 15.3 Å². The summed E-state index contributed by atoms with van der Waals surface area (Å²) >= 11 is 0. The summed E-state index contributed by atoms with van der Waals surface area (Å²) in [6.07, 6.45) is 0.223. The second kappa shape index (κ2) is 5.52. The highest BCUT2D eigenvalue weighted by Crippen LogP contribution is 2.21. The summed E-state index contributed by atoms with van der Waals surface area (Å²) < 4.78 is 25.3. The summed E-state index contributed by atoms with van der Waals surface area (Å²) in [5.74, 6) is 0. The van der Waals surface area contributed by atoms with Crippen molar-refractivity contribution in [3.63, 3.8) is 0 Å². The lowest BCUT2D eigenvalue weighted by atomic mass is 10.2. The lowest BCUT2D eigenvalue weighted by Crippen LogP contribution is -2.35. The van der Waals surface area contributed by atoms with Crippen molar-refractivity contribution < 1.29 is 8.42 Å². The second-order valence-electron chi connectivity index (χ2n) is 3.70. The van der Waals surface area contributed by atoms with E-state index in [1.54, 1.807) is 31.2 Å². The van der Waals surface area contributed by atoms with E-state index in [4.69, 9.17) is 10.5 Å². The highest BCUT2D eigenvalue weighted by molar-refractivity contribution is 7.93. The third-order valence-corrected chi connectivity index (χ3v) is 4.73. The Kier molecular flexibility index (Phi) is 4.30. The molecule has 0 saturated carbocycles. The number of rotatable bonds is 4. The first-order valence-electron chi connectivity index (χ1n) is 5.35. The fraction of sp³-hybridized carbons (Fsp3) is 0.333. The maximum atomic E-state index is 12.1. The number of sulfonamides is 1. The number of nitriles is 2. The third-order valence-electron chi connectivity index (χ3n) is 2.59. The molecule has 0 aliphatic carbocycles. The minimum Gasteiger partial charge on any atom is -0.272 e. The van der Waals surface area contributed by atoms with Gasteiger partial charge in [0.15, 0.2) is 5.25 Å². The van der Waals surface area contributed by atoms with Crippen LogP contribution in [0.1, 0.15) is 18.9 Å². The van der Waals surface area contributed by atoms with Crippen molar-refractivity contribution >= 4 is 15.7 Å².